The predicted molar refractivity (Wildman–Crippen MR) is 82.2 cm³/mol. The maximum Gasteiger partial charge on any atom is 0.334 e. The van der Waals surface area contributed by atoms with Crippen LogP contribution in [0.3, 0.4) is 0 Å². The van der Waals surface area contributed by atoms with Crippen LogP contribution >= 0.6 is 0 Å². The molecule has 2 aromatic rings. The lowest BCUT2D eigenvalue weighted by Crippen LogP contribution is -2.30. The molecule has 1 aliphatic rings. The van der Waals surface area contributed by atoms with Crippen molar-refractivity contribution in [3.05, 3.63) is 71.8 Å². The lowest BCUT2D eigenvalue weighted by Gasteiger charge is -2.09. The Kier molecular flexibility index (Phi) is 3.45. The van der Waals surface area contributed by atoms with Gasteiger partial charge in [-0.05, 0) is 24.6 Å². The van der Waals surface area contributed by atoms with Gasteiger partial charge in [0.25, 0.3) is 5.91 Å². The molecule has 0 aromatic heterocycles. The minimum atomic E-state index is -0.955. The summed E-state index contributed by atoms with van der Waals surface area (Å²) in [6.45, 7) is 1.75. The van der Waals surface area contributed by atoms with Gasteiger partial charge in [0, 0.05) is 5.56 Å². The van der Waals surface area contributed by atoms with Gasteiger partial charge in [0.05, 0.1) is 13.2 Å². The molecule has 22 heavy (non-hydrogen) atoms. The Hall–Kier alpha value is -2.62. The maximum atomic E-state index is 12.7. The van der Waals surface area contributed by atoms with Gasteiger partial charge in [-0.1, -0.05) is 48.5 Å². The molecule has 1 fully saturated rings. The largest absolute Gasteiger partial charge is 0.467 e. The Balaban J connectivity index is 1.98. The van der Waals surface area contributed by atoms with Crippen molar-refractivity contribution in [1.82, 2.24) is 4.90 Å². The van der Waals surface area contributed by atoms with Gasteiger partial charge in [-0.25, -0.2) is 4.79 Å². The zero-order chi connectivity index (χ0) is 15.7. The van der Waals surface area contributed by atoms with Crippen LogP contribution in [0.5, 0.6) is 0 Å². The first-order chi connectivity index (χ1) is 10.6. The van der Waals surface area contributed by atoms with Crippen molar-refractivity contribution in [1.29, 1.82) is 0 Å². The molecule has 0 N–H and O–H groups in total. The normalized spacial score (nSPS) is 23.0. The summed E-state index contributed by atoms with van der Waals surface area (Å²) in [6.07, 6.45) is 0. The summed E-state index contributed by atoms with van der Waals surface area (Å²) < 4.78 is 4.91. The zero-order valence-electron chi connectivity index (χ0n) is 12.5. The first-order valence-electron chi connectivity index (χ1n) is 7.12. The molecule has 2 atom stereocenters. The minimum Gasteiger partial charge on any atom is -0.467 e. The van der Waals surface area contributed by atoms with Crippen LogP contribution in [0.2, 0.25) is 0 Å². The fourth-order valence-corrected chi connectivity index (χ4v) is 2.96. The topological polar surface area (TPSA) is 46.4 Å². The lowest BCUT2D eigenvalue weighted by atomic mass is 10.0. The molecule has 3 rings (SSSR count). The van der Waals surface area contributed by atoms with E-state index in [4.69, 9.17) is 4.74 Å². The van der Waals surface area contributed by atoms with Gasteiger partial charge in [0.1, 0.15) is 0 Å². The van der Waals surface area contributed by atoms with Gasteiger partial charge >= 0.3 is 5.97 Å². The second-order valence-corrected chi connectivity index (χ2v) is 5.49. The fourth-order valence-electron chi connectivity index (χ4n) is 2.96. The van der Waals surface area contributed by atoms with Crippen LogP contribution in [-0.2, 0) is 9.53 Å². The van der Waals surface area contributed by atoms with Crippen LogP contribution in [0.15, 0.2) is 60.7 Å². The minimum absolute atomic E-state index is 0.164. The molecule has 1 amide bonds. The standard InChI is InChI=1S/C18H17NO3/c1-18(17(21)22-2)15(13-9-5-3-6-10-13)19(18)16(20)14-11-7-4-8-12-14/h3-12,15H,1-2H3/t15-,18+,19?/m0/s1. The molecule has 0 bridgehead atoms. The smallest absolute Gasteiger partial charge is 0.334 e. The Bertz CT molecular complexity index is 699. The Morgan fingerprint density at radius 1 is 1.00 bits per heavy atom. The number of nitrogens with zero attached hydrogens (tertiary/aromatic N) is 1. The number of hydrogen-bond acceptors (Lipinski definition) is 3. The summed E-state index contributed by atoms with van der Waals surface area (Å²) in [5, 5.41) is 0. The summed E-state index contributed by atoms with van der Waals surface area (Å²) in [4.78, 5) is 26.5. The summed E-state index contributed by atoms with van der Waals surface area (Å²) in [5.41, 5.74) is 0.541. The highest BCUT2D eigenvalue weighted by molar-refractivity contribution is 6.03. The van der Waals surface area contributed by atoms with E-state index < -0.39 is 11.5 Å². The summed E-state index contributed by atoms with van der Waals surface area (Å²) in [5.74, 6) is -0.562. The summed E-state index contributed by atoms with van der Waals surface area (Å²) in [6, 6.07) is 18.2. The van der Waals surface area contributed by atoms with Crippen LogP contribution in [0, 0.1) is 0 Å². The molecule has 4 heteroatoms. The Morgan fingerprint density at radius 3 is 2.09 bits per heavy atom. The second kappa shape index (κ2) is 5.30. The third-order valence-electron chi connectivity index (χ3n) is 4.18. The number of methoxy groups -OCH3 is 1. The SMILES string of the molecule is COC(=O)[C@@]1(C)[C@H](c2ccccc2)N1C(=O)c1ccccc1. The number of carbonyl (C=O) groups excluding carboxylic acids is 2. The monoisotopic (exact) mass is 295 g/mol. The fraction of sp³-hybridized carbons (Fsp3) is 0.222. The predicted octanol–water partition coefficient (Wildman–Crippen LogP) is 2.82. The first-order valence-corrected chi connectivity index (χ1v) is 7.12. The maximum absolute atomic E-state index is 12.7. The highest BCUT2D eigenvalue weighted by Gasteiger charge is 2.68. The van der Waals surface area contributed by atoms with E-state index >= 15 is 0 Å². The highest BCUT2D eigenvalue weighted by Crippen LogP contribution is 2.54. The number of amides is 1. The van der Waals surface area contributed by atoms with E-state index in [1.165, 1.54) is 7.11 Å². The van der Waals surface area contributed by atoms with Gasteiger partial charge in [-0.3, -0.25) is 4.79 Å². The third kappa shape index (κ3) is 2.08. The molecule has 0 unspecified atom stereocenters. The van der Waals surface area contributed by atoms with Gasteiger partial charge in [-0.2, -0.15) is 0 Å². The number of rotatable bonds is 3. The average Bonchev–Trinajstić information content (AvgIpc) is 3.22. The van der Waals surface area contributed by atoms with Gasteiger partial charge < -0.3 is 9.64 Å². The van der Waals surface area contributed by atoms with E-state index in [0.29, 0.717) is 5.56 Å². The molecule has 0 saturated carbocycles. The molecular weight excluding hydrogens is 278 g/mol. The molecule has 1 aliphatic heterocycles. The van der Waals surface area contributed by atoms with E-state index in [2.05, 4.69) is 0 Å². The molecule has 112 valence electrons. The summed E-state index contributed by atoms with van der Waals surface area (Å²) in [7, 11) is 1.35. The van der Waals surface area contributed by atoms with Crippen molar-refractivity contribution >= 4 is 11.9 Å². The molecule has 4 nitrogen and oxygen atoms in total. The van der Waals surface area contributed by atoms with E-state index in [9.17, 15) is 9.59 Å². The number of ether oxygens (including phenoxy) is 1. The van der Waals surface area contributed by atoms with E-state index in [1.807, 2.05) is 48.5 Å². The van der Waals surface area contributed by atoms with Crippen LogP contribution < -0.4 is 0 Å². The van der Waals surface area contributed by atoms with Crippen LogP contribution in [0.4, 0.5) is 0 Å². The molecule has 1 saturated heterocycles. The highest BCUT2D eigenvalue weighted by atomic mass is 16.5. The van der Waals surface area contributed by atoms with Crippen molar-refractivity contribution in [3.63, 3.8) is 0 Å². The molecular formula is C18H17NO3. The lowest BCUT2D eigenvalue weighted by molar-refractivity contribution is -0.144. The van der Waals surface area contributed by atoms with E-state index in [0.717, 1.165) is 5.56 Å². The number of esters is 1. The van der Waals surface area contributed by atoms with Crippen molar-refractivity contribution < 1.29 is 14.3 Å². The molecule has 0 radical (unpaired) electrons. The van der Waals surface area contributed by atoms with Crippen molar-refractivity contribution in [2.45, 2.75) is 18.5 Å². The zero-order valence-corrected chi connectivity index (χ0v) is 12.5. The first kappa shape index (κ1) is 14.3. The number of benzene rings is 2. The van der Waals surface area contributed by atoms with Crippen LogP contribution in [-0.4, -0.2) is 29.4 Å². The van der Waals surface area contributed by atoms with Crippen LogP contribution in [0.25, 0.3) is 0 Å². The molecule has 2 aromatic carbocycles. The third-order valence-corrected chi connectivity index (χ3v) is 4.18. The van der Waals surface area contributed by atoms with E-state index in [-0.39, 0.29) is 11.9 Å². The second-order valence-electron chi connectivity index (χ2n) is 5.49. The van der Waals surface area contributed by atoms with Gasteiger partial charge in [0.15, 0.2) is 5.54 Å². The van der Waals surface area contributed by atoms with Gasteiger partial charge in [-0.15, -0.1) is 0 Å². The van der Waals surface area contributed by atoms with Gasteiger partial charge in [0.2, 0.25) is 0 Å². The quantitative estimate of drug-likeness (QED) is 0.646. The molecule has 0 spiro atoms. The Morgan fingerprint density at radius 2 is 1.55 bits per heavy atom. The number of carbonyl (C=O) groups is 2. The average molecular weight is 295 g/mol. The van der Waals surface area contributed by atoms with Crippen LogP contribution in [0.1, 0.15) is 28.9 Å². The van der Waals surface area contributed by atoms with E-state index in [1.54, 1.807) is 24.0 Å². The number of hydrogen-bond donors (Lipinski definition) is 0. The van der Waals surface area contributed by atoms with Crippen molar-refractivity contribution in [2.75, 3.05) is 7.11 Å². The Labute approximate surface area is 129 Å². The molecule has 0 aliphatic carbocycles. The van der Waals surface area contributed by atoms with Crippen molar-refractivity contribution in [2.24, 2.45) is 0 Å². The molecule has 1 heterocycles. The summed E-state index contributed by atoms with van der Waals surface area (Å²) >= 11 is 0. The van der Waals surface area contributed by atoms with Crippen molar-refractivity contribution in [3.8, 4) is 0 Å².